The third-order valence-electron chi connectivity index (χ3n) is 4.13. The Morgan fingerprint density at radius 3 is 2.67 bits per heavy atom. The minimum atomic E-state index is 1.09. The van der Waals surface area contributed by atoms with Crippen LogP contribution in [-0.2, 0) is 6.54 Å². The van der Waals surface area contributed by atoms with E-state index in [0.29, 0.717) is 0 Å². The van der Waals surface area contributed by atoms with Gasteiger partial charge in [-0.25, -0.2) is 0 Å². The molecule has 0 radical (unpaired) electrons. The van der Waals surface area contributed by atoms with E-state index in [2.05, 4.69) is 39.8 Å². The average molecular weight is 243 g/mol. The van der Waals surface area contributed by atoms with Crippen molar-refractivity contribution in [2.75, 3.05) is 19.6 Å². The molecule has 0 saturated carbocycles. The van der Waals surface area contributed by atoms with E-state index in [1.807, 2.05) is 0 Å². The predicted octanol–water partition coefficient (Wildman–Crippen LogP) is 2.88. The van der Waals surface area contributed by atoms with E-state index in [4.69, 9.17) is 0 Å². The van der Waals surface area contributed by atoms with Gasteiger partial charge < -0.3 is 0 Å². The molecule has 96 valence electrons. The number of nitrogens with zero attached hydrogens (tertiary/aromatic N) is 2. The van der Waals surface area contributed by atoms with E-state index < -0.39 is 0 Å². The van der Waals surface area contributed by atoms with Crippen LogP contribution in [0.1, 0.15) is 37.7 Å². The molecule has 1 aromatic rings. The van der Waals surface area contributed by atoms with Crippen molar-refractivity contribution in [3.63, 3.8) is 0 Å². The lowest BCUT2D eigenvalue weighted by Gasteiger charge is -2.25. The van der Waals surface area contributed by atoms with Gasteiger partial charge in [0.25, 0.3) is 0 Å². The zero-order valence-electron chi connectivity index (χ0n) is 11.1. The molecule has 0 amide bonds. The molecule has 2 heteroatoms. The molecular formula is C16H23N2+. The van der Waals surface area contributed by atoms with Crippen LogP contribution in [0.4, 0.5) is 0 Å². The van der Waals surface area contributed by atoms with Crippen LogP contribution in [0.2, 0.25) is 0 Å². The molecule has 0 aliphatic carbocycles. The fraction of sp³-hybridized carbons (Fsp3) is 0.562. The maximum absolute atomic E-state index is 2.64. The van der Waals surface area contributed by atoms with Crippen LogP contribution < -0.4 is 0 Å². The summed E-state index contributed by atoms with van der Waals surface area (Å²) in [6, 6.07) is 10.9. The lowest BCUT2D eigenvalue weighted by Crippen LogP contribution is -2.43. The first kappa shape index (κ1) is 11.8. The Morgan fingerprint density at radius 1 is 0.944 bits per heavy atom. The molecule has 0 spiro atoms. The normalized spacial score (nSPS) is 20.6. The van der Waals surface area contributed by atoms with E-state index in [9.17, 15) is 0 Å². The molecule has 1 saturated heterocycles. The largest absolute Gasteiger partial charge is 0.266 e. The van der Waals surface area contributed by atoms with E-state index in [0.717, 1.165) is 6.54 Å². The Bertz CT molecular complexity index is 422. The second-order valence-electron chi connectivity index (χ2n) is 5.47. The SMILES string of the molecule is c1ccc(C[N+]2=C3CCCCCN3CCC2)cc1. The zero-order valence-corrected chi connectivity index (χ0v) is 11.1. The molecule has 2 heterocycles. The van der Waals surface area contributed by atoms with Gasteiger partial charge >= 0.3 is 0 Å². The minimum Gasteiger partial charge on any atom is -0.266 e. The molecule has 0 N–H and O–H groups in total. The van der Waals surface area contributed by atoms with Crippen LogP contribution in [0.25, 0.3) is 0 Å². The molecule has 2 aliphatic heterocycles. The van der Waals surface area contributed by atoms with Gasteiger partial charge in [-0.05, 0) is 24.8 Å². The van der Waals surface area contributed by atoms with E-state index in [1.54, 1.807) is 5.84 Å². The molecule has 0 unspecified atom stereocenters. The monoisotopic (exact) mass is 243 g/mol. The van der Waals surface area contributed by atoms with E-state index in [-0.39, 0.29) is 0 Å². The molecule has 18 heavy (non-hydrogen) atoms. The quantitative estimate of drug-likeness (QED) is 0.724. The van der Waals surface area contributed by atoms with Crippen LogP contribution in [0.5, 0.6) is 0 Å². The first-order chi connectivity index (χ1) is 8.93. The van der Waals surface area contributed by atoms with Gasteiger partial charge in [-0.1, -0.05) is 30.3 Å². The standard InChI is InChI=1S/C16H23N2/c1-3-8-15(9-4-1)14-18-13-7-12-17-11-6-2-5-10-16(17)18/h1,3-4,8-9H,2,5-7,10-14H2/q+1. The molecule has 1 aromatic carbocycles. The van der Waals surface area contributed by atoms with E-state index in [1.165, 1.54) is 57.3 Å². The summed E-state index contributed by atoms with van der Waals surface area (Å²) in [5.41, 5.74) is 1.44. The Morgan fingerprint density at radius 2 is 1.78 bits per heavy atom. The minimum absolute atomic E-state index is 1.09. The highest BCUT2D eigenvalue weighted by Crippen LogP contribution is 2.17. The summed E-state index contributed by atoms with van der Waals surface area (Å²) in [5.74, 6) is 1.61. The summed E-state index contributed by atoms with van der Waals surface area (Å²) >= 11 is 0. The summed E-state index contributed by atoms with van der Waals surface area (Å²) in [4.78, 5) is 2.64. The maximum atomic E-state index is 2.64. The van der Waals surface area contributed by atoms with Gasteiger partial charge in [0, 0.05) is 12.8 Å². The van der Waals surface area contributed by atoms with Gasteiger partial charge in [0.2, 0.25) is 5.84 Å². The molecule has 3 rings (SSSR count). The number of amidine groups is 1. The fourth-order valence-electron chi connectivity index (χ4n) is 3.20. The number of fused-ring (bicyclic) bond motifs is 1. The highest BCUT2D eigenvalue weighted by atomic mass is 15.3. The van der Waals surface area contributed by atoms with Crippen molar-refractivity contribution in [1.82, 2.24) is 4.90 Å². The lowest BCUT2D eigenvalue weighted by atomic mass is 10.1. The van der Waals surface area contributed by atoms with Gasteiger partial charge in [0.1, 0.15) is 6.54 Å². The van der Waals surface area contributed by atoms with Gasteiger partial charge in [0.05, 0.1) is 19.6 Å². The molecule has 0 bridgehead atoms. The topological polar surface area (TPSA) is 6.25 Å². The summed E-state index contributed by atoms with van der Waals surface area (Å²) in [6.07, 6.45) is 6.75. The zero-order chi connectivity index (χ0) is 12.2. The molecule has 2 aliphatic rings. The first-order valence-corrected chi connectivity index (χ1v) is 7.33. The maximum Gasteiger partial charge on any atom is 0.247 e. The fourth-order valence-corrected chi connectivity index (χ4v) is 3.20. The molecule has 1 fully saturated rings. The van der Waals surface area contributed by atoms with Crippen molar-refractivity contribution in [3.05, 3.63) is 35.9 Å². The second-order valence-corrected chi connectivity index (χ2v) is 5.47. The molecule has 0 aromatic heterocycles. The number of hydrogen-bond donors (Lipinski definition) is 0. The van der Waals surface area contributed by atoms with Crippen molar-refractivity contribution < 1.29 is 4.58 Å². The number of rotatable bonds is 2. The Balaban J connectivity index is 1.83. The van der Waals surface area contributed by atoms with Crippen LogP contribution in [-0.4, -0.2) is 34.9 Å². The first-order valence-electron chi connectivity index (χ1n) is 7.33. The van der Waals surface area contributed by atoms with Crippen molar-refractivity contribution in [1.29, 1.82) is 0 Å². The Hall–Kier alpha value is -1.31. The van der Waals surface area contributed by atoms with Gasteiger partial charge in [0.15, 0.2) is 0 Å². The molecule has 2 nitrogen and oxygen atoms in total. The highest BCUT2D eigenvalue weighted by Gasteiger charge is 2.28. The molecule has 0 atom stereocenters. The molecular weight excluding hydrogens is 220 g/mol. The number of hydrogen-bond acceptors (Lipinski definition) is 1. The van der Waals surface area contributed by atoms with Crippen molar-refractivity contribution in [2.45, 2.75) is 38.6 Å². The summed E-state index contributed by atoms with van der Waals surface area (Å²) in [5, 5.41) is 0. The average Bonchev–Trinajstić information content (AvgIpc) is 2.66. The summed E-state index contributed by atoms with van der Waals surface area (Å²) in [6.45, 7) is 4.88. The third-order valence-corrected chi connectivity index (χ3v) is 4.13. The predicted molar refractivity (Wildman–Crippen MR) is 74.9 cm³/mol. The van der Waals surface area contributed by atoms with Gasteiger partial charge in [-0.3, -0.25) is 9.48 Å². The van der Waals surface area contributed by atoms with Crippen LogP contribution >= 0.6 is 0 Å². The van der Waals surface area contributed by atoms with Crippen molar-refractivity contribution >= 4 is 5.84 Å². The Labute approximate surface area is 110 Å². The van der Waals surface area contributed by atoms with Crippen LogP contribution in [0.15, 0.2) is 30.3 Å². The third kappa shape index (κ3) is 2.58. The summed E-state index contributed by atoms with van der Waals surface area (Å²) < 4.78 is 2.62. The Kier molecular flexibility index (Phi) is 3.63. The summed E-state index contributed by atoms with van der Waals surface area (Å²) in [7, 11) is 0. The smallest absolute Gasteiger partial charge is 0.247 e. The lowest BCUT2D eigenvalue weighted by molar-refractivity contribution is -0.555. The van der Waals surface area contributed by atoms with E-state index >= 15 is 0 Å². The highest BCUT2D eigenvalue weighted by molar-refractivity contribution is 5.78. The van der Waals surface area contributed by atoms with Crippen LogP contribution in [0.3, 0.4) is 0 Å². The van der Waals surface area contributed by atoms with Gasteiger partial charge in [-0.15, -0.1) is 0 Å². The number of benzene rings is 1. The van der Waals surface area contributed by atoms with Gasteiger partial charge in [-0.2, -0.15) is 0 Å². The van der Waals surface area contributed by atoms with Crippen molar-refractivity contribution in [2.24, 2.45) is 0 Å². The van der Waals surface area contributed by atoms with Crippen LogP contribution in [0, 0.1) is 0 Å². The second kappa shape index (κ2) is 5.55. The van der Waals surface area contributed by atoms with Crippen molar-refractivity contribution in [3.8, 4) is 0 Å².